The van der Waals surface area contributed by atoms with Crippen LogP contribution in [0.15, 0.2) is 57.1 Å². The number of aromatic nitrogens is 2. The molecule has 0 saturated heterocycles. The van der Waals surface area contributed by atoms with Crippen molar-refractivity contribution < 1.29 is 18.6 Å². The molecule has 1 aliphatic rings. The number of rotatable bonds is 14. The van der Waals surface area contributed by atoms with E-state index in [1.54, 1.807) is 5.01 Å². The van der Waals surface area contributed by atoms with Crippen molar-refractivity contribution >= 4 is 0 Å². The van der Waals surface area contributed by atoms with E-state index in [9.17, 15) is 23.5 Å². The molecule has 1 fully saturated rings. The van der Waals surface area contributed by atoms with Gasteiger partial charge in [0.2, 0.25) is 5.82 Å². The van der Waals surface area contributed by atoms with Crippen LogP contribution in [-0.2, 0) is 12.1 Å². The first kappa shape index (κ1) is 26.3. The van der Waals surface area contributed by atoms with Crippen molar-refractivity contribution in [3.05, 3.63) is 75.2 Å². The molecule has 2 aromatic rings. The Labute approximate surface area is 201 Å². The summed E-state index contributed by atoms with van der Waals surface area (Å²) in [6, 6.07) is 4.35. The maximum Gasteiger partial charge on any atom is 0.328 e. The third-order valence-corrected chi connectivity index (χ3v) is 5.96. The van der Waals surface area contributed by atoms with Gasteiger partial charge in [0.05, 0.1) is 19.3 Å². The summed E-state index contributed by atoms with van der Waals surface area (Å²) in [7, 11) is 0. The van der Waals surface area contributed by atoms with E-state index < -0.39 is 28.5 Å². The van der Waals surface area contributed by atoms with Gasteiger partial charge in [-0.1, -0.05) is 24.8 Å². The zero-order valence-electron chi connectivity index (χ0n) is 19.8. The average molecular weight is 492 g/mol. The number of benzene rings is 1. The molecule has 0 spiro atoms. The monoisotopic (exact) mass is 491 g/mol. The summed E-state index contributed by atoms with van der Waals surface area (Å²) in [4.78, 5) is 24.9. The van der Waals surface area contributed by atoms with E-state index >= 15 is 0 Å². The Hall–Kier alpha value is -3.34. The Kier molecular flexibility index (Phi) is 8.91. The number of nitrogens with one attached hydrogen (secondary N) is 1. The van der Waals surface area contributed by atoms with Crippen LogP contribution in [0.5, 0.6) is 5.75 Å². The van der Waals surface area contributed by atoms with Crippen LogP contribution in [0.2, 0.25) is 0 Å². The lowest BCUT2D eigenvalue weighted by Crippen LogP contribution is -2.38. The highest BCUT2D eigenvalue weighted by Gasteiger charge is 2.31. The fourth-order valence-electron chi connectivity index (χ4n) is 3.59. The molecule has 11 heteroatoms. The second kappa shape index (κ2) is 11.9. The second-order valence-corrected chi connectivity index (χ2v) is 8.70. The first-order chi connectivity index (χ1) is 16.8. The molecular weight excluding hydrogens is 460 g/mol. The van der Waals surface area contributed by atoms with Crippen molar-refractivity contribution in [2.45, 2.75) is 51.2 Å². The van der Waals surface area contributed by atoms with E-state index in [0.29, 0.717) is 43.9 Å². The lowest BCUT2D eigenvalue weighted by molar-refractivity contribution is -0.00708. The van der Waals surface area contributed by atoms with E-state index in [4.69, 9.17) is 4.74 Å². The molecule has 0 radical (unpaired) electrons. The van der Waals surface area contributed by atoms with Gasteiger partial charge >= 0.3 is 5.69 Å². The number of aryl methyl sites for hydroxylation is 1. The fourth-order valence-corrected chi connectivity index (χ4v) is 3.59. The minimum Gasteiger partial charge on any atom is -0.490 e. The highest BCUT2D eigenvalue weighted by atomic mass is 19.1. The van der Waals surface area contributed by atoms with Gasteiger partial charge in [0.1, 0.15) is 5.60 Å². The molecular formula is C24H31F2N5O4. The molecule has 1 atom stereocenters. The first-order valence-electron chi connectivity index (χ1n) is 11.7. The van der Waals surface area contributed by atoms with Crippen LogP contribution in [0, 0.1) is 17.6 Å². The first-order valence-corrected chi connectivity index (χ1v) is 11.7. The van der Waals surface area contributed by atoms with Crippen molar-refractivity contribution in [2.24, 2.45) is 16.3 Å². The maximum atomic E-state index is 14.3. The topological polar surface area (TPSA) is 112 Å². The van der Waals surface area contributed by atoms with Crippen LogP contribution in [0.1, 0.15) is 44.6 Å². The van der Waals surface area contributed by atoms with Gasteiger partial charge in [-0.2, -0.15) is 4.39 Å². The molecule has 1 heterocycles. The zero-order chi connectivity index (χ0) is 25.4. The smallest absolute Gasteiger partial charge is 0.328 e. The number of aliphatic hydroxyl groups is 1. The highest BCUT2D eigenvalue weighted by Crippen LogP contribution is 2.33. The number of nitrogens with zero attached hydrogens (tertiary/aromatic N) is 4. The quantitative estimate of drug-likeness (QED) is 0.239. The Morgan fingerprint density at radius 1 is 1.31 bits per heavy atom. The number of halogens is 2. The van der Waals surface area contributed by atoms with Crippen LogP contribution in [0.25, 0.3) is 0 Å². The summed E-state index contributed by atoms with van der Waals surface area (Å²) >= 11 is 0. The van der Waals surface area contributed by atoms with Crippen molar-refractivity contribution in [3.8, 4) is 5.75 Å². The molecule has 0 unspecified atom stereocenters. The Morgan fingerprint density at radius 3 is 2.77 bits per heavy atom. The number of hydrogen-bond acceptors (Lipinski definition) is 6. The fraction of sp³-hybridized carbons (Fsp3) is 0.500. The molecule has 3 rings (SSSR count). The predicted octanol–water partition coefficient (Wildman–Crippen LogP) is 3.49. The van der Waals surface area contributed by atoms with E-state index in [1.807, 2.05) is 11.9 Å². The van der Waals surface area contributed by atoms with Crippen molar-refractivity contribution in [3.63, 3.8) is 0 Å². The minimum atomic E-state index is -1.36. The van der Waals surface area contributed by atoms with E-state index in [-0.39, 0.29) is 18.8 Å². The summed E-state index contributed by atoms with van der Waals surface area (Å²) in [6.07, 6.45) is 5.64. The van der Waals surface area contributed by atoms with Gasteiger partial charge in [0.25, 0.3) is 5.56 Å². The van der Waals surface area contributed by atoms with Gasteiger partial charge in [0.15, 0.2) is 11.6 Å². The van der Waals surface area contributed by atoms with Crippen LogP contribution in [0.4, 0.5) is 8.78 Å². The molecule has 1 saturated carbocycles. The predicted molar refractivity (Wildman–Crippen MR) is 126 cm³/mol. The zero-order valence-corrected chi connectivity index (χ0v) is 19.8. The molecule has 0 aliphatic heterocycles. The molecule has 0 bridgehead atoms. The van der Waals surface area contributed by atoms with Gasteiger partial charge in [-0.15, -0.1) is 5.11 Å². The molecule has 0 amide bonds. The number of ether oxygens (including phenoxy) is 1. The van der Waals surface area contributed by atoms with Crippen LogP contribution >= 0.6 is 0 Å². The number of H-pyrrole nitrogens is 1. The highest BCUT2D eigenvalue weighted by molar-refractivity contribution is 5.34. The summed E-state index contributed by atoms with van der Waals surface area (Å²) in [6.45, 7) is 6.41. The third-order valence-electron chi connectivity index (χ3n) is 5.96. The van der Waals surface area contributed by atoms with Crippen molar-refractivity contribution in [1.29, 1.82) is 0 Å². The van der Waals surface area contributed by atoms with E-state index in [2.05, 4.69) is 16.9 Å². The van der Waals surface area contributed by atoms with E-state index in [0.717, 1.165) is 23.6 Å². The van der Waals surface area contributed by atoms with Gasteiger partial charge in [-0.3, -0.25) is 19.4 Å². The number of aromatic amines is 1. The summed E-state index contributed by atoms with van der Waals surface area (Å²) in [5, 5.41) is 20.9. The lowest BCUT2D eigenvalue weighted by atomic mass is 9.90. The number of hydrogen-bond donors (Lipinski definition) is 2. The average Bonchev–Trinajstić information content (AvgIpc) is 3.67. The van der Waals surface area contributed by atoms with Gasteiger partial charge in [0, 0.05) is 19.3 Å². The minimum absolute atomic E-state index is 0.0712. The molecule has 2 N–H and O–H groups in total. The largest absolute Gasteiger partial charge is 0.490 e. The molecule has 1 aromatic carbocycles. The van der Waals surface area contributed by atoms with Crippen LogP contribution in [0.3, 0.4) is 0 Å². The Morgan fingerprint density at radius 2 is 2.09 bits per heavy atom. The Bertz CT molecular complexity index is 1160. The molecule has 9 nitrogen and oxygen atoms in total. The van der Waals surface area contributed by atoms with Crippen LogP contribution in [-0.4, -0.2) is 39.4 Å². The van der Waals surface area contributed by atoms with Gasteiger partial charge < -0.3 is 9.84 Å². The summed E-state index contributed by atoms with van der Waals surface area (Å²) in [5.41, 5.74) is -2.59. The summed E-state index contributed by atoms with van der Waals surface area (Å²) in [5.74, 6) is -0.940. The third kappa shape index (κ3) is 7.32. The van der Waals surface area contributed by atoms with E-state index in [1.165, 1.54) is 24.4 Å². The van der Waals surface area contributed by atoms with Crippen LogP contribution < -0.4 is 16.0 Å². The van der Waals surface area contributed by atoms with Crippen molar-refractivity contribution in [2.75, 3.05) is 19.7 Å². The van der Waals surface area contributed by atoms with Gasteiger partial charge in [-0.25, -0.2) is 9.18 Å². The Balaban J connectivity index is 1.66. The lowest BCUT2D eigenvalue weighted by Gasteiger charge is -2.32. The molecule has 1 aromatic heterocycles. The standard InChI is InChI=1S/C24H31F2N5O4/c1-3-24(34,18-9-10-19(25)21(13-18)35-15-17-7-8-17)16-31(29-27-4-2)12-6-5-11-30-14-20(26)22(32)28-23(30)33/h4,9-10,13-14,17,34H,2-3,5-8,11-12,15-16H2,1H3,(H,28,32,33)/t24-/m1/s1. The van der Waals surface area contributed by atoms with Gasteiger partial charge in [-0.05, 0) is 55.7 Å². The molecule has 190 valence electrons. The number of unbranched alkanes of at least 4 members (excludes halogenated alkanes) is 1. The second-order valence-electron chi connectivity index (χ2n) is 8.70. The van der Waals surface area contributed by atoms with Crippen molar-refractivity contribution in [1.82, 2.24) is 14.6 Å². The molecule has 35 heavy (non-hydrogen) atoms. The summed E-state index contributed by atoms with van der Waals surface area (Å²) < 4.78 is 34.4. The molecule has 1 aliphatic carbocycles. The normalized spacial score (nSPS) is 15.2. The SMILES string of the molecule is C=CN=NN(CCCCn1cc(F)c(=O)[nH]c1=O)C[C@](O)(CC)c1ccc(F)c(OCC2CC2)c1. The maximum absolute atomic E-state index is 14.3.